The number of rotatable bonds is 6. The molecule has 114 valence electrons. The van der Waals surface area contributed by atoms with Crippen molar-refractivity contribution >= 4 is 5.91 Å². The van der Waals surface area contributed by atoms with E-state index in [1.807, 2.05) is 11.0 Å². The molecule has 2 aliphatic rings. The summed E-state index contributed by atoms with van der Waals surface area (Å²) in [4.78, 5) is 14.3. The average molecular weight is 288 g/mol. The summed E-state index contributed by atoms with van der Waals surface area (Å²) in [6.07, 6.45) is 3.48. The number of hydrogen-bond acceptors (Lipinski definition) is 3. The lowest BCUT2D eigenvalue weighted by atomic mass is 10.00. The van der Waals surface area contributed by atoms with Gasteiger partial charge in [-0.05, 0) is 36.3 Å². The van der Waals surface area contributed by atoms with E-state index in [0.717, 1.165) is 19.5 Å². The summed E-state index contributed by atoms with van der Waals surface area (Å²) in [5.74, 6) is 0.895. The van der Waals surface area contributed by atoms with Crippen molar-refractivity contribution in [2.24, 2.45) is 5.92 Å². The fourth-order valence-electron chi connectivity index (χ4n) is 3.08. The predicted octanol–water partition coefficient (Wildman–Crippen LogP) is 1.59. The zero-order valence-electron chi connectivity index (χ0n) is 12.7. The Hall–Kier alpha value is -1.39. The van der Waals surface area contributed by atoms with Crippen LogP contribution < -0.4 is 5.32 Å². The molecule has 1 saturated carbocycles. The summed E-state index contributed by atoms with van der Waals surface area (Å²) < 4.78 is 5.24. The van der Waals surface area contributed by atoms with Crippen molar-refractivity contribution in [3.05, 3.63) is 35.4 Å². The van der Waals surface area contributed by atoms with E-state index in [-0.39, 0.29) is 5.91 Å². The first kappa shape index (κ1) is 14.5. The van der Waals surface area contributed by atoms with Crippen LogP contribution in [0.25, 0.3) is 0 Å². The van der Waals surface area contributed by atoms with Gasteiger partial charge in [0.25, 0.3) is 0 Å². The SMILES string of the molecule is COC[C@H](NCC(=O)N1CCc2ccccc2C1)C1CC1. The zero-order valence-corrected chi connectivity index (χ0v) is 12.7. The number of carbonyl (C=O) groups is 1. The molecule has 0 saturated heterocycles. The highest BCUT2D eigenvalue weighted by atomic mass is 16.5. The second-order valence-corrected chi connectivity index (χ2v) is 6.11. The van der Waals surface area contributed by atoms with Gasteiger partial charge < -0.3 is 15.0 Å². The number of nitrogens with zero attached hydrogens (tertiary/aromatic N) is 1. The molecule has 1 heterocycles. The van der Waals surface area contributed by atoms with Crippen LogP contribution in [0.2, 0.25) is 0 Å². The molecule has 0 radical (unpaired) electrons. The maximum atomic E-state index is 12.4. The minimum Gasteiger partial charge on any atom is -0.383 e. The largest absolute Gasteiger partial charge is 0.383 e. The van der Waals surface area contributed by atoms with Gasteiger partial charge in [0.2, 0.25) is 5.91 Å². The van der Waals surface area contributed by atoms with Gasteiger partial charge in [-0.15, -0.1) is 0 Å². The van der Waals surface area contributed by atoms with Crippen LogP contribution in [0.5, 0.6) is 0 Å². The van der Waals surface area contributed by atoms with Crippen molar-refractivity contribution in [3.8, 4) is 0 Å². The Balaban J connectivity index is 1.52. The predicted molar refractivity (Wildman–Crippen MR) is 82.0 cm³/mol. The van der Waals surface area contributed by atoms with Crippen LogP contribution in [-0.4, -0.2) is 43.7 Å². The molecule has 1 N–H and O–H groups in total. The molecule has 1 aromatic rings. The fourth-order valence-corrected chi connectivity index (χ4v) is 3.08. The number of carbonyl (C=O) groups excluding carboxylic acids is 1. The smallest absolute Gasteiger partial charge is 0.236 e. The molecule has 4 nitrogen and oxygen atoms in total. The normalized spacial score (nSPS) is 19.2. The van der Waals surface area contributed by atoms with Crippen molar-refractivity contribution < 1.29 is 9.53 Å². The third-order valence-corrected chi connectivity index (χ3v) is 4.54. The molecule has 3 rings (SSSR count). The Kier molecular flexibility index (Phi) is 4.56. The van der Waals surface area contributed by atoms with Gasteiger partial charge in [-0.1, -0.05) is 24.3 Å². The maximum Gasteiger partial charge on any atom is 0.236 e. The van der Waals surface area contributed by atoms with Gasteiger partial charge in [-0.25, -0.2) is 0 Å². The molecule has 1 aliphatic heterocycles. The summed E-state index contributed by atoms with van der Waals surface area (Å²) in [7, 11) is 1.72. The second kappa shape index (κ2) is 6.58. The first-order chi connectivity index (χ1) is 10.3. The zero-order chi connectivity index (χ0) is 14.7. The summed E-state index contributed by atoms with van der Waals surface area (Å²) in [5, 5.41) is 3.39. The van der Waals surface area contributed by atoms with Crippen LogP contribution in [0.15, 0.2) is 24.3 Å². The first-order valence-electron chi connectivity index (χ1n) is 7.85. The molecule has 1 fully saturated rings. The lowest BCUT2D eigenvalue weighted by Crippen LogP contribution is -2.45. The highest BCUT2D eigenvalue weighted by Crippen LogP contribution is 2.32. The quantitative estimate of drug-likeness (QED) is 0.864. The lowest BCUT2D eigenvalue weighted by molar-refractivity contribution is -0.131. The van der Waals surface area contributed by atoms with E-state index in [1.54, 1.807) is 7.11 Å². The summed E-state index contributed by atoms with van der Waals surface area (Å²) in [5.41, 5.74) is 2.66. The van der Waals surface area contributed by atoms with E-state index in [0.29, 0.717) is 25.1 Å². The molecule has 0 bridgehead atoms. The molecular weight excluding hydrogens is 264 g/mol. The summed E-state index contributed by atoms with van der Waals surface area (Å²) in [6, 6.07) is 8.74. The molecule has 4 heteroatoms. The van der Waals surface area contributed by atoms with Gasteiger partial charge in [0, 0.05) is 26.2 Å². The number of hydrogen-bond donors (Lipinski definition) is 1. The molecule has 1 atom stereocenters. The summed E-state index contributed by atoms with van der Waals surface area (Å²) >= 11 is 0. The van der Waals surface area contributed by atoms with Gasteiger partial charge >= 0.3 is 0 Å². The number of benzene rings is 1. The molecule has 1 aliphatic carbocycles. The Morgan fingerprint density at radius 1 is 1.38 bits per heavy atom. The molecule has 21 heavy (non-hydrogen) atoms. The van der Waals surface area contributed by atoms with E-state index < -0.39 is 0 Å². The van der Waals surface area contributed by atoms with Crippen molar-refractivity contribution in [1.82, 2.24) is 10.2 Å². The van der Waals surface area contributed by atoms with E-state index in [1.165, 1.54) is 24.0 Å². The molecular formula is C17H24N2O2. The van der Waals surface area contributed by atoms with Gasteiger partial charge in [-0.3, -0.25) is 4.79 Å². The number of methoxy groups -OCH3 is 1. The van der Waals surface area contributed by atoms with E-state index in [9.17, 15) is 4.79 Å². The number of amides is 1. The number of nitrogens with one attached hydrogen (secondary N) is 1. The van der Waals surface area contributed by atoms with Gasteiger partial charge in [-0.2, -0.15) is 0 Å². The van der Waals surface area contributed by atoms with Gasteiger partial charge in [0.1, 0.15) is 0 Å². The first-order valence-corrected chi connectivity index (χ1v) is 7.85. The van der Waals surface area contributed by atoms with Crippen LogP contribution in [0.1, 0.15) is 24.0 Å². The molecule has 1 amide bonds. The van der Waals surface area contributed by atoms with Gasteiger partial charge in [0.05, 0.1) is 13.2 Å². The second-order valence-electron chi connectivity index (χ2n) is 6.11. The molecule has 1 aromatic carbocycles. The summed E-state index contributed by atoms with van der Waals surface area (Å²) in [6.45, 7) is 2.69. The minimum absolute atomic E-state index is 0.200. The lowest BCUT2D eigenvalue weighted by Gasteiger charge is -2.29. The standard InChI is InChI=1S/C17H24N2O2/c1-21-12-16(14-6-7-14)18-10-17(20)19-9-8-13-4-2-3-5-15(13)11-19/h2-5,14,16,18H,6-12H2,1H3/t16-/m0/s1. The van der Waals surface area contributed by atoms with Crippen LogP contribution in [0.4, 0.5) is 0 Å². The minimum atomic E-state index is 0.200. The maximum absolute atomic E-state index is 12.4. The molecule has 0 unspecified atom stereocenters. The van der Waals surface area contributed by atoms with Crippen molar-refractivity contribution in [2.45, 2.75) is 31.8 Å². The highest BCUT2D eigenvalue weighted by molar-refractivity contribution is 5.78. The van der Waals surface area contributed by atoms with Crippen molar-refractivity contribution in [1.29, 1.82) is 0 Å². The van der Waals surface area contributed by atoms with E-state index >= 15 is 0 Å². The Labute approximate surface area is 126 Å². The van der Waals surface area contributed by atoms with E-state index in [2.05, 4.69) is 23.5 Å². The Bertz CT molecular complexity index is 499. The van der Waals surface area contributed by atoms with Crippen molar-refractivity contribution in [2.75, 3.05) is 26.8 Å². The van der Waals surface area contributed by atoms with Crippen LogP contribution in [0, 0.1) is 5.92 Å². The highest BCUT2D eigenvalue weighted by Gasteiger charge is 2.31. The van der Waals surface area contributed by atoms with E-state index in [4.69, 9.17) is 4.74 Å². The molecule has 0 spiro atoms. The van der Waals surface area contributed by atoms with Crippen molar-refractivity contribution in [3.63, 3.8) is 0 Å². The monoisotopic (exact) mass is 288 g/mol. The third kappa shape index (κ3) is 3.63. The van der Waals surface area contributed by atoms with Crippen LogP contribution >= 0.6 is 0 Å². The Morgan fingerprint density at radius 2 is 2.14 bits per heavy atom. The Morgan fingerprint density at radius 3 is 2.86 bits per heavy atom. The third-order valence-electron chi connectivity index (χ3n) is 4.54. The topological polar surface area (TPSA) is 41.6 Å². The average Bonchev–Trinajstić information content (AvgIpc) is 3.35. The fraction of sp³-hybridized carbons (Fsp3) is 0.588. The van der Waals surface area contributed by atoms with Crippen LogP contribution in [0.3, 0.4) is 0 Å². The van der Waals surface area contributed by atoms with Gasteiger partial charge in [0.15, 0.2) is 0 Å². The van der Waals surface area contributed by atoms with Crippen LogP contribution in [-0.2, 0) is 22.5 Å². The number of ether oxygens (including phenoxy) is 1. The number of fused-ring (bicyclic) bond motifs is 1. The molecule has 0 aromatic heterocycles.